The lowest BCUT2D eigenvalue weighted by Crippen LogP contribution is -2.34. The van der Waals surface area contributed by atoms with Crippen molar-refractivity contribution in [1.82, 2.24) is 10.2 Å². The van der Waals surface area contributed by atoms with Crippen LogP contribution in [-0.4, -0.2) is 37.1 Å². The molecule has 2 aliphatic heterocycles. The van der Waals surface area contributed by atoms with Crippen molar-refractivity contribution >= 4 is 12.4 Å². The van der Waals surface area contributed by atoms with Gasteiger partial charge in [0.25, 0.3) is 0 Å². The Hall–Kier alpha value is -0.0500. The number of nitrogens with zero attached hydrogens (tertiary/aromatic N) is 1. The molecule has 2 saturated heterocycles. The smallest absolute Gasteiger partial charge is 0.0264 e. The predicted molar refractivity (Wildman–Crippen MR) is 53.8 cm³/mol. The summed E-state index contributed by atoms with van der Waals surface area (Å²) in [7, 11) is 0. The van der Waals surface area contributed by atoms with Gasteiger partial charge in [-0.3, -0.25) is 4.90 Å². The van der Waals surface area contributed by atoms with Crippen molar-refractivity contribution in [3.63, 3.8) is 0 Å². The zero-order chi connectivity index (χ0) is 7.68. The molecule has 0 unspecified atom stereocenters. The Kier molecular flexibility index (Phi) is 3.56. The van der Waals surface area contributed by atoms with Gasteiger partial charge in [0.2, 0.25) is 0 Å². The van der Waals surface area contributed by atoms with Crippen LogP contribution in [-0.2, 0) is 0 Å². The molecule has 2 fully saturated rings. The van der Waals surface area contributed by atoms with Crippen LogP contribution in [0.15, 0.2) is 12.7 Å². The average Bonchev–Trinajstić information content (AvgIpc) is 2.53. The second-order valence-corrected chi connectivity index (χ2v) is 3.56. The minimum absolute atomic E-state index is 0. The van der Waals surface area contributed by atoms with Crippen LogP contribution < -0.4 is 5.32 Å². The topological polar surface area (TPSA) is 15.3 Å². The van der Waals surface area contributed by atoms with Gasteiger partial charge in [0.1, 0.15) is 0 Å². The molecule has 0 aliphatic carbocycles. The standard InChI is InChI=1S/C9H16N2.ClH/c1-2-4-11-5-3-8-6-10-7-9(8)11;/h2,8-10H,1,3-7H2;1H/t8-,9+;/m0./s1. The summed E-state index contributed by atoms with van der Waals surface area (Å²) in [4.78, 5) is 2.54. The lowest BCUT2D eigenvalue weighted by molar-refractivity contribution is 0.279. The molecule has 0 spiro atoms. The van der Waals surface area contributed by atoms with Crippen molar-refractivity contribution in [1.29, 1.82) is 0 Å². The molecule has 0 aromatic heterocycles. The molecule has 12 heavy (non-hydrogen) atoms. The van der Waals surface area contributed by atoms with E-state index in [-0.39, 0.29) is 12.4 Å². The van der Waals surface area contributed by atoms with E-state index >= 15 is 0 Å². The third-order valence-corrected chi connectivity index (χ3v) is 2.92. The zero-order valence-corrected chi connectivity index (χ0v) is 8.15. The second-order valence-electron chi connectivity index (χ2n) is 3.56. The first-order valence-electron chi connectivity index (χ1n) is 4.47. The molecule has 2 nitrogen and oxygen atoms in total. The van der Waals surface area contributed by atoms with Crippen molar-refractivity contribution in [2.75, 3.05) is 26.2 Å². The van der Waals surface area contributed by atoms with Crippen molar-refractivity contribution < 1.29 is 0 Å². The number of halogens is 1. The van der Waals surface area contributed by atoms with Gasteiger partial charge in [-0.1, -0.05) is 6.08 Å². The Bertz CT molecular complexity index is 161. The van der Waals surface area contributed by atoms with E-state index < -0.39 is 0 Å². The summed E-state index contributed by atoms with van der Waals surface area (Å²) < 4.78 is 0. The number of hydrogen-bond acceptors (Lipinski definition) is 2. The fraction of sp³-hybridized carbons (Fsp3) is 0.778. The minimum Gasteiger partial charge on any atom is -0.315 e. The van der Waals surface area contributed by atoms with E-state index in [0.29, 0.717) is 0 Å². The summed E-state index contributed by atoms with van der Waals surface area (Å²) in [5, 5.41) is 3.44. The zero-order valence-electron chi connectivity index (χ0n) is 7.33. The maximum atomic E-state index is 3.78. The monoisotopic (exact) mass is 188 g/mol. The second kappa shape index (κ2) is 4.26. The highest BCUT2D eigenvalue weighted by Gasteiger charge is 2.36. The Balaban J connectivity index is 0.000000720. The molecule has 2 aliphatic rings. The fourth-order valence-corrected chi connectivity index (χ4v) is 2.33. The first kappa shape index (κ1) is 10.0. The lowest BCUT2D eigenvalue weighted by Gasteiger charge is -2.20. The molecule has 0 bridgehead atoms. The Labute approximate surface area is 80.4 Å². The molecule has 3 heteroatoms. The quantitative estimate of drug-likeness (QED) is 0.648. The predicted octanol–water partition coefficient (Wildman–Crippen LogP) is 0.888. The summed E-state index contributed by atoms with van der Waals surface area (Å²) >= 11 is 0. The molecular weight excluding hydrogens is 172 g/mol. The van der Waals surface area contributed by atoms with Gasteiger partial charge in [-0.25, -0.2) is 0 Å². The average molecular weight is 189 g/mol. The van der Waals surface area contributed by atoms with E-state index in [4.69, 9.17) is 0 Å². The molecule has 0 amide bonds. The van der Waals surface area contributed by atoms with E-state index in [9.17, 15) is 0 Å². The summed E-state index contributed by atoms with van der Waals surface area (Å²) in [5.41, 5.74) is 0. The largest absolute Gasteiger partial charge is 0.315 e. The minimum atomic E-state index is 0. The number of rotatable bonds is 2. The normalized spacial score (nSPS) is 34.3. The fourth-order valence-electron chi connectivity index (χ4n) is 2.33. The van der Waals surface area contributed by atoms with Gasteiger partial charge < -0.3 is 5.32 Å². The van der Waals surface area contributed by atoms with Crippen molar-refractivity contribution in [2.45, 2.75) is 12.5 Å². The van der Waals surface area contributed by atoms with Crippen molar-refractivity contribution in [3.8, 4) is 0 Å². The number of hydrogen-bond donors (Lipinski definition) is 1. The molecular formula is C9H17ClN2. The number of fused-ring (bicyclic) bond motifs is 1. The Morgan fingerprint density at radius 1 is 1.50 bits per heavy atom. The van der Waals surface area contributed by atoms with Crippen LogP contribution in [0.3, 0.4) is 0 Å². The van der Waals surface area contributed by atoms with E-state index in [2.05, 4.69) is 16.8 Å². The first-order valence-corrected chi connectivity index (χ1v) is 4.47. The van der Waals surface area contributed by atoms with Crippen LogP contribution in [0, 0.1) is 5.92 Å². The molecule has 0 saturated carbocycles. The Morgan fingerprint density at radius 3 is 3.08 bits per heavy atom. The number of likely N-dealkylation sites (tertiary alicyclic amines) is 1. The van der Waals surface area contributed by atoms with E-state index in [1.807, 2.05) is 6.08 Å². The highest BCUT2D eigenvalue weighted by Crippen LogP contribution is 2.26. The van der Waals surface area contributed by atoms with Crippen LogP contribution in [0.2, 0.25) is 0 Å². The molecule has 0 aromatic carbocycles. The third kappa shape index (κ3) is 1.65. The van der Waals surface area contributed by atoms with Crippen LogP contribution in [0.25, 0.3) is 0 Å². The molecule has 0 radical (unpaired) electrons. The third-order valence-electron chi connectivity index (χ3n) is 2.92. The summed E-state index contributed by atoms with van der Waals surface area (Å²) in [5.74, 6) is 0.926. The van der Waals surface area contributed by atoms with Gasteiger partial charge >= 0.3 is 0 Å². The first-order chi connectivity index (χ1) is 5.42. The van der Waals surface area contributed by atoms with E-state index in [0.717, 1.165) is 18.5 Å². The van der Waals surface area contributed by atoms with Gasteiger partial charge in [0.15, 0.2) is 0 Å². The van der Waals surface area contributed by atoms with Gasteiger partial charge in [-0.15, -0.1) is 19.0 Å². The maximum absolute atomic E-state index is 3.78. The molecule has 2 heterocycles. The molecule has 70 valence electrons. The lowest BCUT2D eigenvalue weighted by atomic mass is 10.1. The highest BCUT2D eigenvalue weighted by molar-refractivity contribution is 5.85. The van der Waals surface area contributed by atoms with Gasteiger partial charge in [0, 0.05) is 19.1 Å². The van der Waals surface area contributed by atoms with Crippen LogP contribution in [0.1, 0.15) is 6.42 Å². The SMILES string of the molecule is C=CCN1CC[C@H]2CNC[C@H]21.Cl. The van der Waals surface area contributed by atoms with E-state index in [1.54, 1.807) is 0 Å². The Morgan fingerprint density at radius 2 is 2.33 bits per heavy atom. The van der Waals surface area contributed by atoms with Gasteiger partial charge in [-0.05, 0) is 25.4 Å². The summed E-state index contributed by atoms with van der Waals surface area (Å²) in [6.07, 6.45) is 3.40. The number of nitrogens with one attached hydrogen (secondary N) is 1. The highest BCUT2D eigenvalue weighted by atomic mass is 35.5. The van der Waals surface area contributed by atoms with Crippen LogP contribution in [0.5, 0.6) is 0 Å². The molecule has 2 rings (SSSR count). The molecule has 0 aromatic rings. The maximum Gasteiger partial charge on any atom is 0.0264 e. The molecule has 2 atom stereocenters. The summed E-state index contributed by atoms with van der Waals surface area (Å²) in [6, 6.07) is 0.813. The van der Waals surface area contributed by atoms with Gasteiger partial charge in [0.05, 0.1) is 0 Å². The van der Waals surface area contributed by atoms with Crippen LogP contribution >= 0.6 is 12.4 Å². The summed E-state index contributed by atoms with van der Waals surface area (Å²) in [6.45, 7) is 8.56. The van der Waals surface area contributed by atoms with Crippen molar-refractivity contribution in [3.05, 3.63) is 12.7 Å². The van der Waals surface area contributed by atoms with Crippen molar-refractivity contribution in [2.24, 2.45) is 5.92 Å². The van der Waals surface area contributed by atoms with Gasteiger partial charge in [-0.2, -0.15) is 0 Å². The molecule has 1 N–H and O–H groups in total. The van der Waals surface area contributed by atoms with E-state index in [1.165, 1.54) is 26.1 Å². The van der Waals surface area contributed by atoms with Crippen LogP contribution in [0.4, 0.5) is 0 Å².